The zero-order chi connectivity index (χ0) is 14.7. The normalized spacial score (nSPS) is 22.3. The highest BCUT2D eigenvalue weighted by molar-refractivity contribution is 5.95. The molecule has 0 spiro atoms. The van der Waals surface area contributed by atoms with Gasteiger partial charge in [0.2, 0.25) is 5.91 Å². The molecule has 1 amide bonds. The van der Waals surface area contributed by atoms with Crippen LogP contribution in [0, 0.1) is 5.82 Å². The number of amides is 1. The lowest BCUT2D eigenvalue weighted by molar-refractivity contribution is -0.117. The van der Waals surface area contributed by atoms with Crippen LogP contribution in [-0.4, -0.2) is 44.8 Å². The van der Waals surface area contributed by atoms with Gasteiger partial charge in [0, 0.05) is 24.5 Å². The standard InChI is InChI=1S/C15H20FN3O2/c16-11-8-12(18-15(20)14-2-1-3-17-14)10-13(9-11)19-4-6-21-7-5-19/h8-10,14,17H,1-7H2,(H,18,20). The molecule has 2 heterocycles. The fourth-order valence-electron chi connectivity index (χ4n) is 2.79. The van der Waals surface area contributed by atoms with Crippen LogP contribution in [0.1, 0.15) is 12.8 Å². The maximum atomic E-state index is 13.8. The van der Waals surface area contributed by atoms with Gasteiger partial charge in [-0.1, -0.05) is 0 Å². The van der Waals surface area contributed by atoms with E-state index in [0.29, 0.717) is 18.9 Å². The van der Waals surface area contributed by atoms with Crippen LogP contribution in [0.3, 0.4) is 0 Å². The molecule has 3 rings (SSSR count). The Bertz CT molecular complexity index is 512. The van der Waals surface area contributed by atoms with Crippen LogP contribution in [0.25, 0.3) is 0 Å². The summed E-state index contributed by atoms with van der Waals surface area (Å²) < 4.78 is 19.1. The van der Waals surface area contributed by atoms with Crippen molar-refractivity contribution in [2.45, 2.75) is 18.9 Å². The second-order valence-corrected chi connectivity index (χ2v) is 5.44. The first-order valence-corrected chi connectivity index (χ1v) is 7.40. The Morgan fingerprint density at radius 2 is 2.14 bits per heavy atom. The number of anilines is 2. The highest BCUT2D eigenvalue weighted by Gasteiger charge is 2.22. The summed E-state index contributed by atoms with van der Waals surface area (Å²) >= 11 is 0. The molecule has 2 aliphatic rings. The van der Waals surface area contributed by atoms with E-state index in [9.17, 15) is 9.18 Å². The average molecular weight is 293 g/mol. The minimum absolute atomic E-state index is 0.0916. The Labute approximate surface area is 123 Å². The van der Waals surface area contributed by atoms with Crippen LogP contribution < -0.4 is 15.5 Å². The molecule has 2 aliphatic heterocycles. The number of benzene rings is 1. The summed E-state index contributed by atoms with van der Waals surface area (Å²) in [6, 6.07) is 4.51. The Hall–Kier alpha value is -1.66. The van der Waals surface area contributed by atoms with Gasteiger partial charge in [0.05, 0.1) is 19.3 Å². The van der Waals surface area contributed by atoms with Crippen LogP contribution in [-0.2, 0) is 9.53 Å². The van der Waals surface area contributed by atoms with E-state index in [4.69, 9.17) is 4.74 Å². The number of morpholine rings is 1. The molecule has 0 aliphatic carbocycles. The second kappa shape index (κ2) is 6.41. The van der Waals surface area contributed by atoms with E-state index in [1.165, 1.54) is 12.1 Å². The number of carbonyl (C=O) groups excluding carboxylic acids is 1. The maximum Gasteiger partial charge on any atom is 0.241 e. The van der Waals surface area contributed by atoms with Crippen LogP contribution in [0.15, 0.2) is 18.2 Å². The topological polar surface area (TPSA) is 53.6 Å². The number of nitrogens with one attached hydrogen (secondary N) is 2. The predicted octanol–water partition coefficient (Wildman–Crippen LogP) is 1.35. The van der Waals surface area contributed by atoms with Gasteiger partial charge < -0.3 is 20.3 Å². The highest BCUT2D eigenvalue weighted by Crippen LogP contribution is 2.23. The Morgan fingerprint density at radius 3 is 2.86 bits per heavy atom. The maximum absolute atomic E-state index is 13.8. The first kappa shape index (κ1) is 14.3. The van der Waals surface area contributed by atoms with E-state index in [0.717, 1.165) is 38.2 Å². The second-order valence-electron chi connectivity index (χ2n) is 5.44. The van der Waals surface area contributed by atoms with Crippen LogP contribution in [0.4, 0.5) is 15.8 Å². The fourth-order valence-corrected chi connectivity index (χ4v) is 2.79. The van der Waals surface area contributed by atoms with E-state index in [1.54, 1.807) is 0 Å². The highest BCUT2D eigenvalue weighted by atomic mass is 19.1. The van der Waals surface area contributed by atoms with Crippen molar-refractivity contribution in [2.75, 3.05) is 43.1 Å². The number of hydrogen-bond acceptors (Lipinski definition) is 4. The predicted molar refractivity (Wildman–Crippen MR) is 79.1 cm³/mol. The molecule has 2 N–H and O–H groups in total. The summed E-state index contributed by atoms with van der Waals surface area (Å²) in [5.74, 6) is -0.431. The number of halogens is 1. The summed E-state index contributed by atoms with van der Waals surface area (Å²) in [4.78, 5) is 14.1. The largest absolute Gasteiger partial charge is 0.378 e. The number of hydrogen-bond donors (Lipinski definition) is 2. The van der Waals surface area contributed by atoms with Gasteiger partial charge in [0.15, 0.2) is 0 Å². The third-order valence-electron chi connectivity index (χ3n) is 3.90. The number of rotatable bonds is 3. The molecule has 1 unspecified atom stereocenters. The van der Waals surface area contributed by atoms with E-state index in [1.807, 2.05) is 6.07 Å². The van der Waals surface area contributed by atoms with Gasteiger partial charge in [-0.2, -0.15) is 0 Å². The minimum Gasteiger partial charge on any atom is -0.378 e. The van der Waals surface area contributed by atoms with Crippen molar-refractivity contribution in [1.29, 1.82) is 0 Å². The fraction of sp³-hybridized carbons (Fsp3) is 0.533. The lowest BCUT2D eigenvalue weighted by atomic mass is 10.2. The SMILES string of the molecule is O=C(Nc1cc(F)cc(N2CCOCC2)c1)C1CCCN1. The zero-order valence-electron chi connectivity index (χ0n) is 11.9. The molecule has 2 fully saturated rings. The third kappa shape index (κ3) is 3.51. The molecule has 1 atom stereocenters. The molecule has 0 bridgehead atoms. The van der Waals surface area contributed by atoms with Crippen LogP contribution in [0.2, 0.25) is 0 Å². The Kier molecular flexibility index (Phi) is 4.36. The quantitative estimate of drug-likeness (QED) is 0.883. The van der Waals surface area contributed by atoms with Crippen molar-refractivity contribution in [2.24, 2.45) is 0 Å². The molecular weight excluding hydrogens is 273 g/mol. The third-order valence-corrected chi connectivity index (χ3v) is 3.90. The lowest BCUT2D eigenvalue weighted by Crippen LogP contribution is -2.37. The molecule has 0 aromatic heterocycles. The van der Waals surface area contributed by atoms with E-state index >= 15 is 0 Å². The van der Waals surface area contributed by atoms with Crippen molar-refractivity contribution in [3.05, 3.63) is 24.0 Å². The summed E-state index contributed by atoms with van der Waals surface area (Å²) in [6.07, 6.45) is 1.83. The summed E-state index contributed by atoms with van der Waals surface area (Å²) in [5, 5.41) is 5.94. The van der Waals surface area contributed by atoms with Crippen molar-refractivity contribution < 1.29 is 13.9 Å². The number of carbonyl (C=O) groups is 1. The van der Waals surface area contributed by atoms with Gasteiger partial charge in [-0.3, -0.25) is 4.79 Å². The first-order chi connectivity index (χ1) is 10.2. The molecule has 1 aromatic rings. The van der Waals surface area contributed by atoms with Gasteiger partial charge in [-0.15, -0.1) is 0 Å². The average Bonchev–Trinajstić information content (AvgIpc) is 3.02. The monoisotopic (exact) mass is 293 g/mol. The zero-order valence-corrected chi connectivity index (χ0v) is 11.9. The van der Waals surface area contributed by atoms with E-state index in [2.05, 4.69) is 15.5 Å². The first-order valence-electron chi connectivity index (χ1n) is 7.40. The number of nitrogens with zero attached hydrogens (tertiary/aromatic N) is 1. The van der Waals surface area contributed by atoms with Crippen LogP contribution in [0.5, 0.6) is 0 Å². The Balaban J connectivity index is 1.72. The summed E-state index contributed by atoms with van der Waals surface area (Å²) in [6.45, 7) is 3.62. The molecule has 0 saturated carbocycles. The van der Waals surface area contributed by atoms with Gasteiger partial charge in [0.25, 0.3) is 0 Å². The van der Waals surface area contributed by atoms with Gasteiger partial charge >= 0.3 is 0 Å². The van der Waals surface area contributed by atoms with Crippen molar-refractivity contribution in [3.8, 4) is 0 Å². The van der Waals surface area contributed by atoms with Crippen molar-refractivity contribution >= 4 is 17.3 Å². The molecule has 114 valence electrons. The van der Waals surface area contributed by atoms with Gasteiger partial charge in [-0.05, 0) is 37.6 Å². The van der Waals surface area contributed by atoms with Gasteiger partial charge in [0.1, 0.15) is 5.82 Å². The minimum atomic E-state index is -0.339. The van der Waals surface area contributed by atoms with E-state index in [-0.39, 0.29) is 17.8 Å². The molecule has 0 radical (unpaired) electrons. The molecule has 6 heteroatoms. The van der Waals surface area contributed by atoms with Crippen molar-refractivity contribution in [1.82, 2.24) is 5.32 Å². The lowest BCUT2D eigenvalue weighted by Gasteiger charge is -2.29. The summed E-state index contributed by atoms with van der Waals surface area (Å²) in [5.41, 5.74) is 1.29. The molecule has 21 heavy (non-hydrogen) atoms. The van der Waals surface area contributed by atoms with E-state index < -0.39 is 0 Å². The summed E-state index contributed by atoms with van der Waals surface area (Å²) in [7, 11) is 0. The molecule has 1 aromatic carbocycles. The van der Waals surface area contributed by atoms with Crippen molar-refractivity contribution in [3.63, 3.8) is 0 Å². The molecule has 5 nitrogen and oxygen atoms in total. The molecular formula is C15H20FN3O2. The smallest absolute Gasteiger partial charge is 0.241 e. The van der Waals surface area contributed by atoms with Gasteiger partial charge in [-0.25, -0.2) is 4.39 Å². The Morgan fingerprint density at radius 1 is 1.33 bits per heavy atom. The number of ether oxygens (including phenoxy) is 1. The molecule has 2 saturated heterocycles. The van der Waals surface area contributed by atoms with Crippen LogP contribution >= 0.6 is 0 Å².